The maximum absolute atomic E-state index is 13.3. The molecule has 2 aromatic rings. The van der Waals surface area contributed by atoms with Gasteiger partial charge in [-0.3, -0.25) is 19.7 Å². The zero-order chi connectivity index (χ0) is 25.9. The summed E-state index contributed by atoms with van der Waals surface area (Å²) in [7, 11) is 1.33. The molecule has 2 amide bonds. The second-order valence-electron chi connectivity index (χ2n) is 8.97. The third-order valence-electron chi connectivity index (χ3n) is 6.53. The Morgan fingerprint density at radius 3 is 2.50 bits per heavy atom. The van der Waals surface area contributed by atoms with Gasteiger partial charge in [0.25, 0.3) is 5.91 Å². The van der Waals surface area contributed by atoms with Gasteiger partial charge in [-0.25, -0.2) is 0 Å². The van der Waals surface area contributed by atoms with E-state index in [0.29, 0.717) is 19.4 Å². The van der Waals surface area contributed by atoms with Gasteiger partial charge in [-0.2, -0.15) is 0 Å². The van der Waals surface area contributed by atoms with Crippen molar-refractivity contribution in [1.29, 1.82) is 0 Å². The Bertz CT molecular complexity index is 1020. The van der Waals surface area contributed by atoms with Crippen molar-refractivity contribution in [2.24, 2.45) is 0 Å². The number of rotatable bonds is 12. The first-order chi connectivity index (χ1) is 17.4. The summed E-state index contributed by atoms with van der Waals surface area (Å²) in [5.41, 5.74) is 0.880. The third-order valence-corrected chi connectivity index (χ3v) is 6.53. The van der Waals surface area contributed by atoms with E-state index in [9.17, 15) is 19.7 Å². The molecule has 1 N–H and O–H groups in total. The number of methoxy groups -OCH3 is 1. The molecular weight excluding hydrogens is 462 g/mol. The highest BCUT2D eigenvalue weighted by Crippen LogP contribution is 2.30. The zero-order valence-electron chi connectivity index (χ0n) is 21.0. The quantitative estimate of drug-likeness (QED) is 0.346. The van der Waals surface area contributed by atoms with Crippen molar-refractivity contribution < 1.29 is 24.0 Å². The molecule has 1 saturated carbocycles. The van der Waals surface area contributed by atoms with Gasteiger partial charge in [0, 0.05) is 24.7 Å². The summed E-state index contributed by atoms with van der Waals surface area (Å²) in [5, 5.41) is 14.3. The van der Waals surface area contributed by atoms with Crippen molar-refractivity contribution in [3.8, 4) is 11.5 Å². The van der Waals surface area contributed by atoms with Crippen LogP contribution in [0.4, 0.5) is 5.69 Å². The second-order valence-corrected chi connectivity index (χ2v) is 8.97. The molecule has 0 aromatic heterocycles. The van der Waals surface area contributed by atoms with Gasteiger partial charge >= 0.3 is 5.69 Å². The van der Waals surface area contributed by atoms with Crippen molar-refractivity contribution in [3.05, 3.63) is 64.2 Å². The number of nitrogens with one attached hydrogen (secondary N) is 1. The van der Waals surface area contributed by atoms with Gasteiger partial charge in [-0.15, -0.1) is 0 Å². The fraction of sp³-hybridized carbons (Fsp3) is 0.481. The maximum atomic E-state index is 13.3. The van der Waals surface area contributed by atoms with Gasteiger partial charge in [-0.1, -0.05) is 56.5 Å². The molecule has 36 heavy (non-hydrogen) atoms. The molecule has 1 atom stereocenters. The molecule has 9 heteroatoms. The monoisotopic (exact) mass is 497 g/mol. The normalized spacial score (nSPS) is 14.5. The number of nitro groups is 1. The average Bonchev–Trinajstić information content (AvgIpc) is 2.90. The van der Waals surface area contributed by atoms with Crippen LogP contribution in [0.1, 0.15) is 51.0 Å². The number of carbonyl (C=O) groups is 2. The van der Waals surface area contributed by atoms with E-state index in [1.54, 1.807) is 4.90 Å². The van der Waals surface area contributed by atoms with Crippen molar-refractivity contribution in [2.75, 3.05) is 20.3 Å². The number of benzene rings is 2. The number of carbonyl (C=O) groups excluding carboxylic acids is 2. The summed E-state index contributed by atoms with van der Waals surface area (Å²) in [6.07, 6.45) is 6.40. The number of hydrogen-bond acceptors (Lipinski definition) is 6. The molecule has 0 heterocycles. The highest BCUT2D eigenvalue weighted by Gasteiger charge is 2.30. The van der Waals surface area contributed by atoms with Gasteiger partial charge in [0.1, 0.15) is 11.8 Å². The summed E-state index contributed by atoms with van der Waals surface area (Å²) in [4.78, 5) is 38.8. The van der Waals surface area contributed by atoms with Gasteiger partial charge in [0.15, 0.2) is 6.61 Å². The minimum absolute atomic E-state index is 0.0455. The largest absolute Gasteiger partial charge is 0.490 e. The van der Waals surface area contributed by atoms with Crippen molar-refractivity contribution in [3.63, 3.8) is 0 Å². The number of amides is 2. The van der Waals surface area contributed by atoms with Crippen LogP contribution < -0.4 is 14.8 Å². The van der Waals surface area contributed by atoms with E-state index < -0.39 is 11.0 Å². The fourth-order valence-electron chi connectivity index (χ4n) is 4.57. The predicted octanol–water partition coefficient (Wildman–Crippen LogP) is 4.28. The van der Waals surface area contributed by atoms with Crippen LogP contribution in [0.2, 0.25) is 0 Å². The topological polar surface area (TPSA) is 111 Å². The van der Waals surface area contributed by atoms with E-state index in [4.69, 9.17) is 9.47 Å². The lowest BCUT2D eigenvalue weighted by molar-refractivity contribution is -0.385. The summed E-state index contributed by atoms with van der Waals surface area (Å²) in [6.45, 7) is 1.96. The van der Waals surface area contributed by atoms with Crippen LogP contribution in [0.3, 0.4) is 0 Å². The average molecular weight is 498 g/mol. The Kier molecular flexibility index (Phi) is 10.1. The van der Waals surface area contributed by atoms with Crippen LogP contribution in [0.5, 0.6) is 11.5 Å². The van der Waals surface area contributed by atoms with Gasteiger partial charge in [-0.05, 0) is 37.3 Å². The van der Waals surface area contributed by atoms with Crippen LogP contribution in [0, 0.1) is 10.1 Å². The van der Waals surface area contributed by atoms with Gasteiger partial charge in [0.2, 0.25) is 11.7 Å². The van der Waals surface area contributed by atoms with Gasteiger partial charge in [0.05, 0.1) is 12.0 Å². The lowest BCUT2D eigenvalue weighted by Gasteiger charge is -2.32. The first-order valence-corrected chi connectivity index (χ1v) is 12.5. The first kappa shape index (κ1) is 27.0. The number of nitro benzene ring substituents is 1. The molecule has 9 nitrogen and oxygen atoms in total. The Balaban J connectivity index is 1.72. The molecule has 194 valence electrons. The molecule has 0 saturated heterocycles. The predicted molar refractivity (Wildman–Crippen MR) is 136 cm³/mol. The number of nitrogens with zero attached hydrogens (tertiary/aromatic N) is 2. The first-order valence-electron chi connectivity index (χ1n) is 12.5. The van der Waals surface area contributed by atoms with Crippen LogP contribution >= 0.6 is 0 Å². The van der Waals surface area contributed by atoms with Crippen LogP contribution in [-0.2, 0) is 16.0 Å². The molecule has 0 aliphatic heterocycles. The summed E-state index contributed by atoms with van der Waals surface area (Å²) in [6, 6.07) is 13.4. The van der Waals surface area contributed by atoms with Crippen LogP contribution in [0.25, 0.3) is 0 Å². The molecule has 0 radical (unpaired) electrons. The van der Waals surface area contributed by atoms with E-state index in [2.05, 4.69) is 5.32 Å². The Morgan fingerprint density at radius 1 is 1.14 bits per heavy atom. The van der Waals surface area contributed by atoms with Crippen LogP contribution in [-0.4, -0.2) is 54.0 Å². The smallest absolute Gasteiger partial charge is 0.311 e. The molecule has 3 rings (SSSR count). The molecule has 2 aromatic carbocycles. The molecule has 1 unspecified atom stereocenters. The minimum Gasteiger partial charge on any atom is -0.490 e. The van der Waals surface area contributed by atoms with E-state index >= 15 is 0 Å². The highest BCUT2D eigenvalue weighted by molar-refractivity contribution is 5.88. The third kappa shape index (κ3) is 7.44. The van der Waals surface area contributed by atoms with Crippen molar-refractivity contribution in [2.45, 2.75) is 64.0 Å². The van der Waals surface area contributed by atoms with Crippen molar-refractivity contribution in [1.82, 2.24) is 10.2 Å². The molecule has 1 fully saturated rings. The van der Waals surface area contributed by atoms with E-state index in [-0.39, 0.29) is 41.6 Å². The minimum atomic E-state index is -0.613. The zero-order valence-corrected chi connectivity index (χ0v) is 21.0. The maximum Gasteiger partial charge on any atom is 0.311 e. The number of ether oxygens (including phenoxy) is 2. The van der Waals surface area contributed by atoms with E-state index in [0.717, 1.165) is 31.2 Å². The van der Waals surface area contributed by atoms with E-state index in [1.165, 1.54) is 31.7 Å². The Hall–Kier alpha value is -3.62. The van der Waals surface area contributed by atoms with E-state index in [1.807, 2.05) is 37.3 Å². The summed E-state index contributed by atoms with van der Waals surface area (Å²) in [5.74, 6) is -0.144. The standard InChI is InChI=1S/C27H35N3O6/c1-3-23(27(32)28-21-12-8-5-9-13-21)29(17-16-20-10-6-4-7-11-20)26(31)19-36-22-14-15-24(30(33)34)25(18-22)35-2/h4,6-7,10-11,14-15,18,21,23H,3,5,8-9,12-13,16-17,19H2,1-2H3,(H,28,32). The fourth-order valence-corrected chi connectivity index (χ4v) is 4.57. The summed E-state index contributed by atoms with van der Waals surface area (Å²) >= 11 is 0. The molecule has 0 spiro atoms. The lowest BCUT2D eigenvalue weighted by Crippen LogP contribution is -2.53. The molecule has 1 aliphatic carbocycles. The highest BCUT2D eigenvalue weighted by atomic mass is 16.6. The lowest BCUT2D eigenvalue weighted by atomic mass is 9.95. The molecular formula is C27H35N3O6. The Labute approximate surface area is 211 Å². The SMILES string of the molecule is CCC(C(=O)NC1CCCCC1)N(CCc1ccccc1)C(=O)COc1ccc([N+](=O)[O-])c(OC)c1. The van der Waals surface area contributed by atoms with Crippen LogP contribution in [0.15, 0.2) is 48.5 Å². The Morgan fingerprint density at radius 2 is 1.86 bits per heavy atom. The molecule has 1 aliphatic rings. The number of hydrogen-bond donors (Lipinski definition) is 1. The van der Waals surface area contributed by atoms with Crippen molar-refractivity contribution >= 4 is 17.5 Å². The molecule has 0 bridgehead atoms. The second kappa shape index (κ2) is 13.5. The summed E-state index contributed by atoms with van der Waals surface area (Å²) < 4.78 is 10.8. The van der Waals surface area contributed by atoms with Gasteiger partial charge < -0.3 is 19.7 Å².